The van der Waals surface area contributed by atoms with Gasteiger partial charge >= 0.3 is 0 Å². The maximum absolute atomic E-state index is 5.78. The molecule has 1 aliphatic rings. The third-order valence-corrected chi connectivity index (χ3v) is 3.02. The molecule has 0 amide bonds. The molecule has 1 fully saturated rings. The summed E-state index contributed by atoms with van der Waals surface area (Å²) in [5, 5.41) is 3.41. The standard InChI is InChI=1S/C15H21NO3/c1-11(9-16-12-7-8-12)10-19-15-13(17-2)5-4-6-14(15)18-3/h4-6,12,16H,1,7-10H2,2-3H3. The number of ether oxygens (including phenoxy) is 3. The topological polar surface area (TPSA) is 39.7 Å². The van der Waals surface area contributed by atoms with Crippen molar-refractivity contribution in [2.75, 3.05) is 27.4 Å². The number of nitrogens with one attached hydrogen (secondary N) is 1. The summed E-state index contributed by atoms with van der Waals surface area (Å²) in [5.74, 6) is 1.96. The van der Waals surface area contributed by atoms with Gasteiger partial charge in [-0.25, -0.2) is 0 Å². The molecule has 0 aliphatic heterocycles. The van der Waals surface area contributed by atoms with E-state index in [-0.39, 0.29) is 0 Å². The summed E-state index contributed by atoms with van der Waals surface area (Å²) in [7, 11) is 3.23. The number of hydrogen-bond donors (Lipinski definition) is 1. The molecule has 1 saturated carbocycles. The smallest absolute Gasteiger partial charge is 0.203 e. The van der Waals surface area contributed by atoms with Crippen molar-refractivity contribution in [2.24, 2.45) is 0 Å². The van der Waals surface area contributed by atoms with Gasteiger partial charge in [-0.3, -0.25) is 0 Å². The van der Waals surface area contributed by atoms with E-state index < -0.39 is 0 Å². The summed E-state index contributed by atoms with van der Waals surface area (Å²) >= 11 is 0. The number of methoxy groups -OCH3 is 2. The van der Waals surface area contributed by atoms with Crippen LogP contribution < -0.4 is 19.5 Å². The van der Waals surface area contributed by atoms with E-state index in [1.165, 1.54) is 12.8 Å². The first kappa shape index (κ1) is 13.7. The van der Waals surface area contributed by atoms with Crippen LogP contribution in [0.5, 0.6) is 17.2 Å². The minimum Gasteiger partial charge on any atom is -0.493 e. The highest BCUT2D eigenvalue weighted by Crippen LogP contribution is 2.36. The number of rotatable bonds is 8. The average Bonchev–Trinajstić information content (AvgIpc) is 3.26. The average molecular weight is 263 g/mol. The van der Waals surface area contributed by atoms with Crippen molar-refractivity contribution in [3.63, 3.8) is 0 Å². The summed E-state index contributed by atoms with van der Waals surface area (Å²) in [4.78, 5) is 0. The lowest BCUT2D eigenvalue weighted by Crippen LogP contribution is -2.21. The van der Waals surface area contributed by atoms with Crippen molar-refractivity contribution >= 4 is 0 Å². The molecule has 0 atom stereocenters. The zero-order chi connectivity index (χ0) is 13.7. The first-order chi connectivity index (χ1) is 9.24. The van der Waals surface area contributed by atoms with Crippen LogP contribution in [0, 0.1) is 0 Å². The Morgan fingerprint density at radius 2 is 1.89 bits per heavy atom. The zero-order valence-corrected chi connectivity index (χ0v) is 11.6. The molecule has 0 radical (unpaired) electrons. The molecule has 1 aliphatic carbocycles. The Morgan fingerprint density at radius 3 is 2.42 bits per heavy atom. The molecule has 1 aromatic carbocycles. The zero-order valence-electron chi connectivity index (χ0n) is 11.6. The van der Waals surface area contributed by atoms with Gasteiger partial charge in [0.1, 0.15) is 6.61 Å². The van der Waals surface area contributed by atoms with Gasteiger partial charge in [0.05, 0.1) is 14.2 Å². The molecule has 0 spiro atoms. The van der Waals surface area contributed by atoms with E-state index in [0.717, 1.165) is 12.1 Å². The molecule has 19 heavy (non-hydrogen) atoms. The molecule has 104 valence electrons. The van der Waals surface area contributed by atoms with Crippen LogP contribution in [-0.2, 0) is 0 Å². The highest BCUT2D eigenvalue weighted by Gasteiger charge is 2.20. The second-order valence-electron chi connectivity index (χ2n) is 4.69. The van der Waals surface area contributed by atoms with Gasteiger partial charge in [-0.05, 0) is 30.5 Å². The molecule has 0 unspecified atom stereocenters. The lowest BCUT2D eigenvalue weighted by molar-refractivity contribution is 0.293. The van der Waals surface area contributed by atoms with Crippen LogP contribution in [0.15, 0.2) is 30.4 Å². The summed E-state index contributed by atoms with van der Waals surface area (Å²) in [5.41, 5.74) is 1.01. The second kappa shape index (κ2) is 6.48. The van der Waals surface area contributed by atoms with E-state index in [1.807, 2.05) is 18.2 Å². The molecule has 0 saturated heterocycles. The van der Waals surface area contributed by atoms with Gasteiger partial charge in [-0.1, -0.05) is 12.6 Å². The van der Waals surface area contributed by atoms with Gasteiger partial charge < -0.3 is 19.5 Å². The van der Waals surface area contributed by atoms with E-state index in [0.29, 0.717) is 29.9 Å². The van der Waals surface area contributed by atoms with Crippen LogP contribution in [-0.4, -0.2) is 33.4 Å². The number of benzene rings is 1. The highest BCUT2D eigenvalue weighted by molar-refractivity contribution is 5.51. The van der Waals surface area contributed by atoms with E-state index in [1.54, 1.807) is 14.2 Å². The minimum absolute atomic E-state index is 0.455. The van der Waals surface area contributed by atoms with E-state index in [2.05, 4.69) is 11.9 Å². The molecular weight excluding hydrogens is 242 g/mol. The Kier molecular flexibility index (Phi) is 4.68. The fourth-order valence-corrected chi connectivity index (χ4v) is 1.76. The highest BCUT2D eigenvalue weighted by atomic mass is 16.5. The Morgan fingerprint density at radius 1 is 1.26 bits per heavy atom. The van der Waals surface area contributed by atoms with Gasteiger partial charge in [0.15, 0.2) is 11.5 Å². The van der Waals surface area contributed by atoms with Gasteiger partial charge in [0, 0.05) is 12.6 Å². The van der Waals surface area contributed by atoms with Crippen LogP contribution in [0.1, 0.15) is 12.8 Å². The van der Waals surface area contributed by atoms with Crippen LogP contribution >= 0.6 is 0 Å². The van der Waals surface area contributed by atoms with Crippen molar-refractivity contribution in [3.8, 4) is 17.2 Å². The first-order valence-corrected chi connectivity index (χ1v) is 6.48. The molecular formula is C15H21NO3. The van der Waals surface area contributed by atoms with Crippen LogP contribution in [0.25, 0.3) is 0 Å². The third kappa shape index (κ3) is 3.89. The van der Waals surface area contributed by atoms with Crippen molar-refractivity contribution in [3.05, 3.63) is 30.4 Å². The Hall–Kier alpha value is -1.68. The molecule has 0 bridgehead atoms. The van der Waals surface area contributed by atoms with Crippen molar-refractivity contribution in [2.45, 2.75) is 18.9 Å². The lowest BCUT2D eigenvalue weighted by atomic mass is 10.3. The second-order valence-corrected chi connectivity index (χ2v) is 4.69. The van der Waals surface area contributed by atoms with E-state index >= 15 is 0 Å². The minimum atomic E-state index is 0.455. The number of para-hydroxylation sites is 1. The van der Waals surface area contributed by atoms with Gasteiger partial charge in [0.25, 0.3) is 0 Å². The van der Waals surface area contributed by atoms with Gasteiger partial charge in [-0.15, -0.1) is 0 Å². The quantitative estimate of drug-likeness (QED) is 0.731. The third-order valence-electron chi connectivity index (χ3n) is 3.02. The van der Waals surface area contributed by atoms with E-state index in [4.69, 9.17) is 14.2 Å². The van der Waals surface area contributed by atoms with Gasteiger partial charge in [-0.2, -0.15) is 0 Å². The maximum Gasteiger partial charge on any atom is 0.203 e. The van der Waals surface area contributed by atoms with Crippen molar-refractivity contribution < 1.29 is 14.2 Å². The van der Waals surface area contributed by atoms with Crippen LogP contribution in [0.2, 0.25) is 0 Å². The summed E-state index contributed by atoms with van der Waals surface area (Å²) in [6, 6.07) is 6.25. The molecule has 4 nitrogen and oxygen atoms in total. The normalized spacial score (nSPS) is 14.0. The first-order valence-electron chi connectivity index (χ1n) is 6.48. The number of hydrogen-bond acceptors (Lipinski definition) is 4. The Balaban J connectivity index is 1.91. The predicted octanol–water partition coefficient (Wildman–Crippen LogP) is 2.39. The van der Waals surface area contributed by atoms with Gasteiger partial charge in [0.2, 0.25) is 5.75 Å². The summed E-state index contributed by atoms with van der Waals surface area (Å²) in [6.07, 6.45) is 2.54. The van der Waals surface area contributed by atoms with Crippen molar-refractivity contribution in [1.82, 2.24) is 5.32 Å². The molecule has 1 N–H and O–H groups in total. The van der Waals surface area contributed by atoms with E-state index in [9.17, 15) is 0 Å². The SMILES string of the molecule is C=C(CNC1CC1)COc1c(OC)cccc1OC. The molecule has 0 heterocycles. The fourth-order valence-electron chi connectivity index (χ4n) is 1.76. The maximum atomic E-state index is 5.78. The molecule has 0 aromatic heterocycles. The fraction of sp³-hybridized carbons (Fsp3) is 0.467. The van der Waals surface area contributed by atoms with Crippen LogP contribution in [0.3, 0.4) is 0 Å². The molecule has 4 heteroatoms. The molecule has 2 rings (SSSR count). The van der Waals surface area contributed by atoms with Crippen molar-refractivity contribution in [1.29, 1.82) is 0 Å². The largest absolute Gasteiger partial charge is 0.493 e. The Bertz CT molecular complexity index is 419. The lowest BCUT2D eigenvalue weighted by Gasteiger charge is -2.15. The molecule has 1 aromatic rings. The monoisotopic (exact) mass is 263 g/mol. The van der Waals surface area contributed by atoms with Crippen LogP contribution in [0.4, 0.5) is 0 Å². The summed E-state index contributed by atoms with van der Waals surface area (Å²) in [6.45, 7) is 5.26. The predicted molar refractivity (Wildman–Crippen MR) is 75.2 cm³/mol. The Labute approximate surface area is 114 Å². The summed E-state index contributed by atoms with van der Waals surface area (Å²) < 4.78 is 16.3.